The van der Waals surface area contributed by atoms with Gasteiger partial charge in [-0.15, -0.1) is 0 Å². The molecule has 35 heavy (non-hydrogen) atoms. The molecule has 0 aromatic heterocycles. The molecule has 0 aliphatic carbocycles. The fourth-order valence-electron chi connectivity index (χ4n) is 3.03. The number of rotatable bonds is 9. The van der Waals surface area contributed by atoms with E-state index in [-0.39, 0.29) is 24.7 Å². The molecule has 9 nitrogen and oxygen atoms in total. The minimum atomic E-state index is -1.05. The molecular weight excluding hydrogens is 540 g/mol. The van der Waals surface area contributed by atoms with Gasteiger partial charge in [-0.05, 0) is 83.5 Å². The second kappa shape index (κ2) is 11.9. The molecule has 0 radical (unpaired) electrons. The normalized spacial score (nSPS) is 15.5. The number of aliphatic imine (C=N–C) groups is 1. The third-order valence-electron chi connectivity index (χ3n) is 4.59. The molecule has 1 saturated heterocycles. The SMILES string of the molecule is CCOC(=O)COc1c(Br)cc(/C=C2/SC(=Nc3cccc(C(=O)O)c3)N(C)C2=O)cc1OCC. The summed E-state index contributed by atoms with van der Waals surface area (Å²) in [7, 11) is 1.60. The van der Waals surface area contributed by atoms with Gasteiger partial charge >= 0.3 is 11.9 Å². The predicted octanol–water partition coefficient (Wildman–Crippen LogP) is 4.72. The average Bonchev–Trinajstić information content (AvgIpc) is 3.06. The molecule has 1 aliphatic heterocycles. The molecule has 2 aromatic rings. The van der Waals surface area contributed by atoms with Crippen LogP contribution >= 0.6 is 27.7 Å². The molecular formula is C24H23BrN2O7S. The number of nitrogens with zero attached hydrogens (tertiary/aromatic N) is 2. The summed E-state index contributed by atoms with van der Waals surface area (Å²) in [5.74, 6) is -1.04. The Hall–Kier alpha value is -3.31. The first kappa shape index (κ1) is 26.3. The fraction of sp³-hybridized carbons (Fsp3) is 0.250. The number of esters is 1. The number of thioether (sulfide) groups is 1. The van der Waals surface area contributed by atoms with Gasteiger partial charge in [-0.2, -0.15) is 0 Å². The van der Waals surface area contributed by atoms with E-state index in [0.29, 0.717) is 43.9 Å². The van der Waals surface area contributed by atoms with Gasteiger partial charge in [-0.3, -0.25) is 9.69 Å². The lowest BCUT2D eigenvalue weighted by molar-refractivity contribution is -0.145. The lowest BCUT2D eigenvalue weighted by Crippen LogP contribution is -2.23. The van der Waals surface area contributed by atoms with Crippen LogP contribution in [0.25, 0.3) is 6.08 Å². The maximum absolute atomic E-state index is 12.8. The lowest BCUT2D eigenvalue weighted by Gasteiger charge is -2.14. The van der Waals surface area contributed by atoms with Crippen molar-refractivity contribution in [2.45, 2.75) is 13.8 Å². The topological polar surface area (TPSA) is 115 Å². The number of carbonyl (C=O) groups excluding carboxylic acids is 2. The van der Waals surface area contributed by atoms with Crippen molar-refractivity contribution >= 4 is 62.5 Å². The highest BCUT2D eigenvalue weighted by molar-refractivity contribution is 9.10. The molecule has 3 rings (SSSR count). The lowest BCUT2D eigenvalue weighted by atomic mass is 10.2. The van der Waals surface area contributed by atoms with Gasteiger partial charge in [0.25, 0.3) is 5.91 Å². The zero-order chi connectivity index (χ0) is 25.5. The average molecular weight is 563 g/mol. The Morgan fingerprint density at radius 1 is 1.17 bits per heavy atom. The maximum atomic E-state index is 12.8. The van der Waals surface area contributed by atoms with Crippen LogP contribution in [0.15, 0.2) is 50.8 Å². The Balaban J connectivity index is 1.88. The molecule has 0 atom stereocenters. The predicted molar refractivity (Wildman–Crippen MR) is 136 cm³/mol. The van der Waals surface area contributed by atoms with Gasteiger partial charge in [0, 0.05) is 7.05 Å². The van der Waals surface area contributed by atoms with E-state index in [0.717, 1.165) is 0 Å². The zero-order valence-corrected chi connectivity index (χ0v) is 21.6. The van der Waals surface area contributed by atoms with Gasteiger partial charge < -0.3 is 19.3 Å². The van der Waals surface area contributed by atoms with Crippen LogP contribution in [0.2, 0.25) is 0 Å². The number of halogens is 1. The van der Waals surface area contributed by atoms with Crippen molar-refractivity contribution in [1.82, 2.24) is 4.90 Å². The Morgan fingerprint density at radius 3 is 2.63 bits per heavy atom. The van der Waals surface area contributed by atoms with Gasteiger partial charge in [0.05, 0.1) is 33.8 Å². The van der Waals surface area contributed by atoms with Crippen LogP contribution in [0.1, 0.15) is 29.8 Å². The second-order valence-electron chi connectivity index (χ2n) is 7.08. The molecule has 184 valence electrons. The van der Waals surface area contributed by atoms with Crippen molar-refractivity contribution in [1.29, 1.82) is 0 Å². The molecule has 1 fully saturated rings. The van der Waals surface area contributed by atoms with Crippen LogP contribution in [0.5, 0.6) is 11.5 Å². The van der Waals surface area contributed by atoms with E-state index in [1.54, 1.807) is 44.3 Å². The summed E-state index contributed by atoms with van der Waals surface area (Å²) in [6.07, 6.45) is 1.70. The summed E-state index contributed by atoms with van der Waals surface area (Å²) in [4.78, 5) is 42.0. The summed E-state index contributed by atoms with van der Waals surface area (Å²) in [5.41, 5.74) is 1.21. The van der Waals surface area contributed by atoms with Crippen molar-refractivity contribution < 1.29 is 33.7 Å². The van der Waals surface area contributed by atoms with Crippen LogP contribution in [-0.4, -0.2) is 59.9 Å². The molecule has 0 saturated carbocycles. The number of likely N-dealkylation sites (N-methyl/N-ethyl adjacent to an activating group) is 1. The minimum absolute atomic E-state index is 0.109. The van der Waals surface area contributed by atoms with E-state index in [9.17, 15) is 19.5 Å². The standard InChI is InChI=1S/C24H23BrN2O7S/c1-4-32-18-10-14(9-17(25)21(18)34-13-20(28)33-5-2)11-19-22(29)27(3)24(35-19)26-16-8-6-7-15(12-16)23(30)31/h6-12H,4-5,13H2,1-3H3,(H,30,31)/b19-11+,26-24?. The van der Waals surface area contributed by atoms with Gasteiger partial charge in [-0.1, -0.05) is 6.07 Å². The number of amides is 1. The quantitative estimate of drug-likeness (QED) is 0.344. The number of benzene rings is 2. The molecule has 11 heteroatoms. The first-order valence-electron chi connectivity index (χ1n) is 10.6. The van der Waals surface area contributed by atoms with Crippen molar-refractivity contribution in [2.24, 2.45) is 4.99 Å². The smallest absolute Gasteiger partial charge is 0.344 e. The maximum Gasteiger partial charge on any atom is 0.344 e. The van der Waals surface area contributed by atoms with E-state index in [1.165, 1.54) is 28.8 Å². The molecule has 1 heterocycles. The highest BCUT2D eigenvalue weighted by atomic mass is 79.9. The molecule has 0 spiro atoms. The summed E-state index contributed by atoms with van der Waals surface area (Å²) in [6.45, 7) is 3.89. The number of aromatic carboxylic acids is 1. The second-order valence-corrected chi connectivity index (χ2v) is 8.94. The molecule has 1 amide bonds. The highest BCUT2D eigenvalue weighted by Crippen LogP contribution is 2.39. The van der Waals surface area contributed by atoms with Crippen molar-refractivity contribution in [3.63, 3.8) is 0 Å². The van der Waals surface area contributed by atoms with Crippen LogP contribution in [0, 0.1) is 0 Å². The largest absolute Gasteiger partial charge is 0.490 e. The number of carbonyl (C=O) groups is 3. The van der Waals surface area contributed by atoms with Crippen molar-refractivity contribution in [3.8, 4) is 11.5 Å². The Morgan fingerprint density at radius 2 is 1.94 bits per heavy atom. The fourth-order valence-corrected chi connectivity index (χ4v) is 4.59. The highest BCUT2D eigenvalue weighted by Gasteiger charge is 2.30. The molecule has 2 aromatic carbocycles. The van der Waals surface area contributed by atoms with E-state index in [4.69, 9.17) is 14.2 Å². The number of hydrogen-bond acceptors (Lipinski definition) is 8. The number of carboxylic acids is 1. The molecule has 0 bridgehead atoms. The van der Waals surface area contributed by atoms with Crippen molar-refractivity contribution in [3.05, 3.63) is 56.9 Å². The minimum Gasteiger partial charge on any atom is -0.490 e. The molecule has 0 unspecified atom stereocenters. The Bertz CT molecular complexity index is 1210. The van der Waals surface area contributed by atoms with E-state index in [1.807, 2.05) is 6.92 Å². The molecule has 1 aliphatic rings. The van der Waals surface area contributed by atoms with E-state index < -0.39 is 11.9 Å². The first-order valence-corrected chi connectivity index (χ1v) is 12.2. The summed E-state index contributed by atoms with van der Waals surface area (Å²) >= 11 is 4.62. The Kier molecular flexibility index (Phi) is 8.94. The van der Waals surface area contributed by atoms with Gasteiger partial charge in [0.1, 0.15) is 0 Å². The number of carboxylic acid groups (broad SMARTS) is 1. The molecule has 1 N–H and O–H groups in total. The van der Waals surface area contributed by atoms with Gasteiger partial charge in [-0.25, -0.2) is 14.6 Å². The third kappa shape index (κ3) is 6.64. The van der Waals surface area contributed by atoms with Crippen LogP contribution in [0.4, 0.5) is 5.69 Å². The number of ether oxygens (including phenoxy) is 3. The monoisotopic (exact) mass is 562 g/mol. The number of amidine groups is 1. The van der Waals surface area contributed by atoms with Crippen LogP contribution in [0.3, 0.4) is 0 Å². The zero-order valence-electron chi connectivity index (χ0n) is 19.2. The first-order chi connectivity index (χ1) is 16.7. The summed E-state index contributed by atoms with van der Waals surface area (Å²) in [6, 6.07) is 9.63. The van der Waals surface area contributed by atoms with Crippen LogP contribution < -0.4 is 9.47 Å². The van der Waals surface area contributed by atoms with E-state index >= 15 is 0 Å². The van der Waals surface area contributed by atoms with Gasteiger partial charge in [0.15, 0.2) is 23.3 Å². The van der Waals surface area contributed by atoms with Crippen molar-refractivity contribution in [2.75, 3.05) is 26.9 Å². The summed E-state index contributed by atoms with van der Waals surface area (Å²) < 4.78 is 16.7. The van der Waals surface area contributed by atoms with E-state index in [2.05, 4.69) is 20.9 Å². The number of hydrogen-bond donors (Lipinski definition) is 1. The third-order valence-corrected chi connectivity index (χ3v) is 6.24. The van der Waals surface area contributed by atoms with Crippen LogP contribution in [-0.2, 0) is 14.3 Å². The Labute approximate surface area is 214 Å². The van der Waals surface area contributed by atoms with Gasteiger partial charge in [0.2, 0.25) is 0 Å². The summed E-state index contributed by atoms with van der Waals surface area (Å²) in [5, 5.41) is 9.60.